The van der Waals surface area contributed by atoms with E-state index in [1.807, 2.05) is 6.07 Å². The number of nitrogens with one attached hydrogen (secondary N) is 1. The Balaban J connectivity index is 2.11. The van der Waals surface area contributed by atoms with E-state index >= 15 is 0 Å². The van der Waals surface area contributed by atoms with Crippen molar-refractivity contribution in [3.8, 4) is 5.88 Å². The fraction of sp³-hybridized carbons (Fsp3) is 0.333. The van der Waals surface area contributed by atoms with Crippen molar-refractivity contribution in [2.45, 2.75) is 12.8 Å². The molecule has 0 aliphatic heterocycles. The lowest BCUT2D eigenvalue weighted by molar-refractivity contribution is 0.249. The Labute approximate surface area is 98.1 Å². The van der Waals surface area contributed by atoms with Gasteiger partial charge < -0.3 is 14.8 Å². The van der Waals surface area contributed by atoms with Gasteiger partial charge in [-0.15, -0.1) is 0 Å². The predicted octanol–water partition coefficient (Wildman–Crippen LogP) is 1.07. The third kappa shape index (κ3) is 3.04. The van der Waals surface area contributed by atoms with Gasteiger partial charge in [0.15, 0.2) is 0 Å². The number of aromatic amines is 1. The number of nitrogens with zero attached hydrogens (tertiary/aromatic N) is 1. The van der Waals surface area contributed by atoms with E-state index in [0.29, 0.717) is 24.6 Å². The third-order valence-electron chi connectivity index (χ3n) is 2.36. The summed E-state index contributed by atoms with van der Waals surface area (Å²) in [7, 11) is 0. The highest BCUT2D eigenvalue weighted by molar-refractivity contribution is 5.74. The lowest BCUT2D eigenvalue weighted by Crippen LogP contribution is -2.05. The predicted molar refractivity (Wildman–Crippen MR) is 64.2 cm³/mol. The van der Waals surface area contributed by atoms with Crippen LogP contribution >= 0.6 is 0 Å². The van der Waals surface area contributed by atoms with Crippen LogP contribution in [0.4, 0.5) is 0 Å². The molecule has 0 bridgehead atoms. The first-order chi connectivity index (χ1) is 8.29. The molecule has 2 aromatic rings. The molecule has 5 nitrogen and oxygen atoms in total. The van der Waals surface area contributed by atoms with Crippen molar-refractivity contribution in [2.24, 2.45) is 0 Å². The first kappa shape index (κ1) is 11.6. The second kappa shape index (κ2) is 5.45. The quantitative estimate of drug-likeness (QED) is 0.759. The van der Waals surface area contributed by atoms with Gasteiger partial charge in [0.1, 0.15) is 5.65 Å². The maximum atomic E-state index is 11.1. The number of aliphatic hydroxyl groups excluding tert-OH is 1. The lowest BCUT2D eigenvalue weighted by Gasteiger charge is -2.05. The topological polar surface area (TPSA) is 75.2 Å². The number of rotatable bonds is 5. The normalized spacial score (nSPS) is 10.6. The first-order valence-corrected chi connectivity index (χ1v) is 5.53. The maximum Gasteiger partial charge on any atom is 0.249 e. The van der Waals surface area contributed by atoms with Crippen LogP contribution in [-0.4, -0.2) is 28.3 Å². The van der Waals surface area contributed by atoms with Gasteiger partial charge >= 0.3 is 0 Å². The van der Waals surface area contributed by atoms with Crippen LogP contribution in [0.1, 0.15) is 12.8 Å². The van der Waals surface area contributed by atoms with Gasteiger partial charge in [0, 0.05) is 24.1 Å². The molecule has 0 aliphatic rings. The SMILES string of the molecule is O=c1ccc2ccc(OCCCCO)nc2[nH]1. The zero-order valence-electron chi connectivity index (χ0n) is 9.35. The molecular weight excluding hydrogens is 220 g/mol. The van der Waals surface area contributed by atoms with E-state index in [1.54, 1.807) is 12.1 Å². The van der Waals surface area contributed by atoms with Crippen molar-refractivity contribution >= 4 is 11.0 Å². The van der Waals surface area contributed by atoms with Crippen LogP contribution in [0.3, 0.4) is 0 Å². The molecule has 2 rings (SSSR count). The number of ether oxygens (including phenoxy) is 1. The molecule has 0 aliphatic carbocycles. The average Bonchev–Trinajstić information content (AvgIpc) is 2.34. The molecule has 0 unspecified atom stereocenters. The van der Waals surface area contributed by atoms with Gasteiger partial charge in [-0.3, -0.25) is 4.79 Å². The summed E-state index contributed by atoms with van der Waals surface area (Å²) in [5, 5.41) is 9.49. The third-order valence-corrected chi connectivity index (χ3v) is 2.36. The molecule has 0 saturated carbocycles. The Bertz CT molecular complexity index is 551. The molecule has 90 valence electrons. The minimum atomic E-state index is -0.178. The van der Waals surface area contributed by atoms with E-state index in [2.05, 4.69) is 9.97 Å². The van der Waals surface area contributed by atoms with E-state index < -0.39 is 0 Å². The van der Waals surface area contributed by atoms with E-state index in [4.69, 9.17) is 9.84 Å². The van der Waals surface area contributed by atoms with Crippen molar-refractivity contribution in [1.29, 1.82) is 0 Å². The van der Waals surface area contributed by atoms with Crippen molar-refractivity contribution in [3.63, 3.8) is 0 Å². The number of fused-ring (bicyclic) bond motifs is 1. The summed E-state index contributed by atoms with van der Waals surface area (Å²) < 4.78 is 5.41. The zero-order valence-corrected chi connectivity index (χ0v) is 9.35. The Morgan fingerprint density at radius 2 is 2.06 bits per heavy atom. The zero-order chi connectivity index (χ0) is 12.1. The monoisotopic (exact) mass is 234 g/mol. The van der Waals surface area contributed by atoms with Crippen LogP contribution in [0, 0.1) is 0 Å². The number of aliphatic hydroxyl groups is 1. The number of hydrogen-bond donors (Lipinski definition) is 2. The van der Waals surface area contributed by atoms with Gasteiger partial charge in [0.2, 0.25) is 11.4 Å². The van der Waals surface area contributed by atoms with Crippen molar-refractivity contribution in [3.05, 3.63) is 34.6 Å². The summed E-state index contributed by atoms with van der Waals surface area (Å²) in [6, 6.07) is 6.79. The lowest BCUT2D eigenvalue weighted by atomic mass is 10.3. The van der Waals surface area contributed by atoms with Gasteiger partial charge in [-0.2, -0.15) is 4.98 Å². The molecule has 0 amide bonds. The molecule has 0 saturated heterocycles. The Hall–Kier alpha value is -1.88. The molecular formula is C12H14N2O3. The molecule has 0 fully saturated rings. The van der Waals surface area contributed by atoms with E-state index in [1.165, 1.54) is 6.07 Å². The van der Waals surface area contributed by atoms with E-state index in [9.17, 15) is 4.79 Å². The summed E-state index contributed by atoms with van der Waals surface area (Å²) in [6.45, 7) is 0.679. The van der Waals surface area contributed by atoms with Gasteiger partial charge in [0.05, 0.1) is 6.61 Å². The molecule has 2 N–H and O–H groups in total. The number of hydrogen-bond acceptors (Lipinski definition) is 4. The van der Waals surface area contributed by atoms with Crippen LogP contribution in [0.15, 0.2) is 29.1 Å². The summed E-state index contributed by atoms with van der Waals surface area (Å²) in [4.78, 5) is 18.0. The van der Waals surface area contributed by atoms with Gasteiger partial charge in [0.25, 0.3) is 0 Å². The number of H-pyrrole nitrogens is 1. The molecule has 0 atom stereocenters. The summed E-state index contributed by atoms with van der Waals surface area (Å²) in [6.07, 6.45) is 1.49. The van der Waals surface area contributed by atoms with Crippen molar-refractivity contribution in [2.75, 3.05) is 13.2 Å². The number of aromatic nitrogens is 2. The average molecular weight is 234 g/mol. The van der Waals surface area contributed by atoms with Crippen molar-refractivity contribution in [1.82, 2.24) is 9.97 Å². The van der Waals surface area contributed by atoms with Crippen molar-refractivity contribution < 1.29 is 9.84 Å². The summed E-state index contributed by atoms with van der Waals surface area (Å²) >= 11 is 0. The Morgan fingerprint density at radius 1 is 1.24 bits per heavy atom. The smallest absolute Gasteiger partial charge is 0.249 e. The van der Waals surface area contributed by atoms with Crippen LogP contribution in [0.5, 0.6) is 5.88 Å². The Kier molecular flexibility index (Phi) is 3.72. The molecule has 17 heavy (non-hydrogen) atoms. The van der Waals surface area contributed by atoms with Crippen LogP contribution in [0.25, 0.3) is 11.0 Å². The van der Waals surface area contributed by atoms with Crippen LogP contribution in [-0.2, 0) is 0 Å². The minimum absolute atomic E-state index is 0.168. The molecule has 2 heterocycles. The van der Waals surface area contributed by atoms with Gasteiger partial charge in [-0.1, -0.05) is 0 Å². The van der Waals surface area contributed by atoms with E-state index in [0.717, 1.165) is 11.8 Å². The summed E-state index contributed by atoms with van der Waals surface area (Å²) in [5.41, 5.74) is 0.347. The molecule has 5 heteroatoms. The number of pyridine rings is 2. The van der Waals surface area contributed by atoms with Crippen LogP contribution < -0.4 is 10.3 Å². The highest BCUT2D eigenvalue weighted by Gasteiger charge is 1.99. The first-order valence-electron chi connectivity index (χ1n) is 5.53. The Morgan fingerprint density at radius 3 is 2.88 bits per heavy atom. The number of unbranched alkanes of at least 4 members (excludes halogenated alkanes) is 1. The molecule has 0 radical (unpaired) electrons. The second-order valence-corrected chi connectivity index (χ2v) is 3.69. The van der Waals surface area contributed by atoms with Gasteiger partial charge in [-0.05, 0) is 25.0 Å². The van der Waals surface area contributed by atoms with E-state index in [-0.39, 0.29) is 12.2 Å². The van der Waals surface area contributed by atoms with Crippen LogP contribution in [0.2, 0.25) is 0 Å². The highest BCUT2D eigenvalue weighted by Crippen LogP contribution is 2.13. The highest BCUT2D eigenvalue weighted by atomic mass is 16.5. The fourth-order valence-corrected chi connectivity index (χ4v) is 1.48. The largest absolute Gasteiger partial charge is 0.478 e. The second-order valence-electron chi connectivity index (χ2n) is 3.69. The summed E-state index contributed by atoms with van der Waals surface area (Å²) in [5.74, 6) is 0.484. The minimum Gasteiger partial charge on any atom is -0.478 e. The van der Waals surface area contributed by atoms with Gasteiger partial charge in [-0.25, -0.2) is 0 Å². The maximum absolute atomic E-state index is 11.1. The molecule has 0 spiro atoms. The molecule has 2 aromatic heterocycles. The molecule has 0 aromatic carbocycles. The standard InChI is InChI=1S/C12H14N2O3/c15-7-1-2-8-17-11-6-4-9-3-5-10(16)13-12(9)14-11/h3-6,15H,1-2,7-8H2,(H,13,14,16). The fourth-order valence-electron chi connectivity index (χ4n) is 1.48.